The maximum absolute atomic E-state index is 12.6. The Labute approximate surface area is 114 Å². The minimum absolute atomic E-state index is 0.101. The zero-order chi connectivity index (χ0) is 12.7. The minimum atomic E-state index is 0.101. The van der Waals surface area contributed by atoms with Crippen LogP contribution in [0.2, 0.25) is 0 Å². The number of thiophene rings is 1. The van der Waals surface area contributed by atoms with Gasteiger partial charge in [0.2, 0.25) is 0 Å². The summed E-state index contributed by atoms with van der Waals surface area (Å²) in [6.45, 7) is 4.25. The summed E-state index contributed by atoms with van der Waals surface area (Å²) in [7, 11) is 0. The molecule has 0 saturated carbocycles. The fourth-order valence-electron chi connectivity index (χ4n) is 2.50. The van der Waals surface area contributed by atoms with Crippen LogP contribution in [0.3, 0.4) is 0 Å². The molecule has 0 unspecified atom stereocenters. The van der Waals surface area contributed by atoms with Crippen LogP contribution in [0.25, 0.3) is 10.2 Å². The van der Waals surface area contributed by atoms with Crippen LogP contribution in [0.1, 0.15) is 16.9 Å². The van der Waals surface area contributed by atoms with Crippen molar-refractivity contribution < 1.29 is 0 Å². The number of thioether (sulfide) groups is 1. The predicted octanol–water partition coefficient (Wildman–Crippen LogP) is 2.85. The van der Waals surface area contributed by atoms with Crippen LogP contribution in [0.4, 0.5) is 0 Å². The van der Waals surface area contributed by atoms with Crippen LogP contribution in [-0.2, 0) is 19.4 Å². The summed E-state index contributed by atoms with van der Waals surface area (Å²) in [6.07, 6.45) is 7.00. The van der Waals surface area contributed by atoms with Crippen LogP contribution < -0.4 is 5.56 Å². The molecule has 3 nitrogen and oxygen atoms in total. The smallest absolute Gasteiger partial charge is 0.263 e. The molecular formula is C13H14N2OS2. The van der Waals surface area contributed by atoms with Crippen molar-refractivity contribution >= 4 is 33.3 Å². The van der Waals surface area contributed by atoms with Gasteiger partial charge in [-0.3, -0.25) is 9.36 Å². The van der Waals surface area contributed by atoms with Gasteiger partial charge in [-0.05, 0) is 31.1 Å². The summed E-state index contributed by atoms with van der Waals surface area (Å²) in [6, 6.07) is 0. The van der Waals surface area contributed by atoms with Crippen LogP contribution >= 0.6 is 23.1 Å². The van der Waals surface area contributed by atoms with Crippen molar-refractivity contribution in [3.8, 4) is 0 Å². The molecule has 0 amide bonds. The zero-order valence-electron chi connectivity index (χ0n) is 10.2. The lowest BCUT2D eigenvalue weighted by atomic mass is 10.2. The Morgan fingerprint density at radius 2 is 2.39 bits per heavy atom. The molecule has 2 aromatic rings. The first-order chi connectivity index (χ1) is 8.76. The quantitative estimate of drug-likeness (QED) is 0.492. The van der Waals surface area contributed by atoms with E-state index in [0.29, 0.717) is 6.54 Å². The Morgan fingerprint density at radius 1 is 1.56 bits per heavy atom. The number of aryl methyl sites for hydroxylation is 2. The molecule has 0 aromatic carbocycles. The summed E-state index contributed by atoms with van der Waals surface area (Å²) in [5, 5.41) is 1.64. The van der Waals surface area contributed by atoms with Gasteiger partial charge in [0, 0.05) is 11.4 Å². The lowest BCUT2D eigenvalue weighted by molar-refractivity contribution is 0.673. The number of allylic oxidation sites excluding steroid dienone is 1. The van der Waals surface area contributed by atoms with Crippen LogP contribution in [-0.4, -0.2) is 15.8 Å². The fourth-order valence-corrected chi connectivity index (χ4v) is 4.37. The molecule has 94 valence electrons. The monoisotopic (exact) mass is 278 g/mol. The molecule has 1 aliphatic carbocycles. The zero-order valence-corrected chi connectivity index (χ0v) is 11.9. The third kappa shape index (κ3) is 1.65. The SMILES string of the molecule is C=CCn1c(SC)nc2sc3c(c2c1=O)CCC3. The molecule has 0 atom stereocenters. The summed E-state index contributed by atoms with van der Waals surface area (Å²) in [5.74, 6) is 0. The van der Waals surface area contributed by atoms with E-state index >= 15 is 0 Å². The predicted molar refractivity (Wildman–Crippen MR) is 77.9 cm³/mol. The Balaban J connectivity index is 2.36. The van der Waals surface area contributed by atoms with Gasteiger partial charge < -0.3 is 0 Å². The Kier molecular flexibility index (Phi) is 3.03. The van der Waals surface area contributed by atoms with Crippen molar-refractivity contribution in [2.24, 2.45) is 0 Å². The van der Waals surface area contributed by atoms with Gasteiger partial charge >= 0.3 is 0 Å². The second-order valence-corrected chi connectivity index (χ2v) is 6.20. The molecule has 1 aliphatic rings. The van der Waals surface area contributed by atoms with Gasteiger partial charge in [-0.25, -0.2) is 4.98 Å². The topological polar surface area (TPSA) is 34.9 Å². The van der Waals surface area contributed by atoms with Crippen LogP contribution in [0.15, 0.2) is 22.6 Å². The van der Waals surface area contributed by atoms with E-state index in [1.165, 1.54) is 28.6 Å². The fraction of sp³-hybridized carbons (Fsp3) is 0.385. The first-order valence-corrected chi connectivity index (χ1v) is 8.00. The van der Waals surface area contributed by atoms with Gasteiger partial charge in [-0.2, -0.15) is 0 Å². The van der Waals surface area contributed by atoms with E-state index in [4.69, 9.17) is 0 Å². The van der Waals surface area contributed by atoms with Crippen molar-refractivity contribution in [1.82, 2.24) is 9.55 Å². The summed E-state index contributed by atoms with van der Waals surface area (Å²) >= 11 is 3.21. The Morgan fingerprint density at radius 3 is 3.11 bits per heavy atom. The van der Waals surface area contributed by atoms with Crippen molar-refractivity contribution in [3.05, 3.63) is 33.4 Å². The molecule has 2 aromatic heterocycles. The van der Waals surface area contributed by atoms with Crippen molar-refractivity contribution in [1.29, 1.82) is 0 Å². The summed E-state index contributed by atoms with van der Waals surface area (Å²) in [5.41, 5.74) is 1.35. The molecule has 0 N–H and O–H groups in total. The van der Waals surface area contributed by atoms with E-state index in [1.807, 2.05) is 6.26 Å². The molecule has 0 bridgehead atoms. The second-order valence-electron chi connectivity index (χ2n) is 4.34. The minimum Gasteiger partial charge on any atom is -0.283 e. The molecule has 3 rings (SSSR count). The van der Waals surface area contributed by atoms with E-state index in [2.05, 4.69) is 11.6 Å². The van der Waals surface area contributed by atoms with Gasteiger partial charge in [0.1, 0.15) is 4.83 Å². The first-order valence-electron chi connectivity index (χ1n) is 5.96. The first kappa shape index (κ1) is 12.0. The Bertz CT molecular complexity index is 684. The lowest BCUT2D eigenvalue weighted by Crippen LogP contribution is -2.22. The molecule has 0 spiro atoms. The molecule has 0 fully saturated rings. The third-order valence-corrected chi connectivity index (χ3v) is 5.15. The highest BCUT2D eigenvalue weighted by Crippen LogP contribution is 2.35. The van der Waals surface area contributed by atoms with Gasteiger partial charge in [0.15, 0.2) is 5.16 Å². The van der Waals surface area contributed by atoms with Gasteiger partial charge in [0.25, 0.3) is 5.56 Å². The van der Waals surface area contributed by atoms with E-state index < -0.39 is 0 Å². The number of nitrogens with zero attached hydrogens (tertiary/aromatic N) is 2. The van der Waals surface area contributed by atoms with Crippen LogP contribution in [0.5, 0.6) is 0 Å². The highest BCUT2D eigenvalue weighted by Gasteiger charge is 2.22. The van der Waals surface area contributed by atoms with E-state index in [-0.39, 0.29) is 5.56 Å². The van der Waals surface area contributed by atoms with E-state index in [0.717, 1.165) is 28.2 Å². The highest BCUT2D eigenvalue weighted by atomic mass is 32.2. The summed E-state index contributed by atoms with van der Waals surface area (Å²) in [4.78, 5) is 19.5. The molecule has 5 heteroatoms. The van der Waals surface area contributed by atoms with Gasteiger partial charge in [-0.1, -0.05) is 17.8 Å². The standard InChI is InChI=1S/C13H14N2OS2/c1-3-7-15-12(16)10-8-5-4-6-9(8)18-11(10)14-13(15)17-2/h3H,1,4-7H2,2H3. The number of fused-ring (bicyclic) bond motifs is 3. The second kappa shape index (κ2) is 4.55. The molecule has 0 saturated heterocycles. The third-order valence-electron chi connectivity index (χ3n) is 3.28. The molecule has 0 aliphatic heterocycles. The van der Waals surface area contributed by atoms with Crippen LogP contribution in [0, 0.1) is 0 Å². The van der Waals surface area contributed by atoms with Crippen molar-refractivity contribution in [3.63, 3.8) is 0 Å². The molecule has 0 radical (unpaired) electrons. The maximum atomic E-state index is 12.6. The number of aromatic nitrogens is 2. The molecule has 2 heterocycles. The lowest BCUT2D eigenvalue weighted by Gasteiger charge is -2.08. The van der Waals surface area contributed by atoms with Crippen molar-refractivity contribution in [2.45, 2.75) is 31.0 Å². The normalized spacial score (nSPS) is 14.1. The average molecular weight is 278 g/mol. The highest BCUT2D eigenvalue weighted by molar-refractivity contribution is 7.98. The Hall–Kier alpha value is -1.07. The van der Waals surface area contributed by atoms with E-state index in [9.17, 15) is 4.79 Å². The van der Waals surface area contributed by atoms with Crippen molar-refractivity contribution in [2.75, 3.05) is 6.26 Å². The average Bonchev–Trinajstić information content (AvgIpc) is 2.92. The largest absolute Gasteiger partial charge is 0.283 e. The van der Waals surface area contributed by atoms with E-state index in [1.54, 1.807) is 22.0 Å². The van der Waals surface area contributed by atoms with Gasteiger partial charge in [-0.15, -0.1) is 17.9 Å². The molecular weight excluding hydrogens is 264 g/mol. The number of hydrogen-bond donors (Lipinski definition) is 0. The molecule has 18 heavy (non-hydrogen) atoms. The number of hydrogen-bond acceptors (Lipinski definition) is 4. The maximum Gasteiger partial charge on any atom is 0.263 e. The summed E-state index contributed by atoms with van der Waals surface area (Å²) < 4.78 is 1.73. The number of rotatable bonds is 3. The van der Waals surface area contributed by atoms with Gasteiger partial charge in [0.05, 0.1) is 5.39 Å².